The summed E-state index contributed by atoms with van der Waals surface area (Å²) < 4.78 is 1.58. The van der Waals surface area contributed by atoms with Crippen molar-refractivity contribution in [2.75, 3.05) is 0 Å². The van der Waals surface area contributed by atoms with Gasteiger partial charge in [0, 0.05) is 17.8 Å². The summed E-state index contributed by atoms with van der Waals surface area (Å²) in [5.41, 5.74) is 4.92. The van der Waals surface area contributed by atoms with Gasteiger partial charge in [-0.15, -0.1) is 0 Å². The van der Waals surface area contributed by atoms with Crippen LogP contribution in [0.1, 0.15) is 11.1 Å². The second kappa shape index (κ2) is 8.09. The summed E-state index contributed by atoms with van der Waals surface area (Å²) in [6.07, 6.45) is 4.19. The summed E-state index contributed by atoms with van der Waals surface area (Å²) in [5, 5.41) is 8.50. The minimum absolute atomic E-state index is 0.207. The molecule has 3 aromatic rings. The smallest absolute Gasteiger partial charge is 0.267 e. The minimum Gasteiger partial charge on any atom is -0.311 e. The number of pyridine rings is 1. The van der Waals surface area contributed by atoms with E-state index in [2.05, 4.69) is 12.1 Å². The van der Waals surface area contributed by atoms with E-state index >= 15 is 0 Å². The number of rotatable bonds is 5. The van der Waals surface area contributed by atoms with Gasteiger partial charge in [-0.05, 0) is 34.9 Å². The van der Waals surface area contributed by atoms with Crippen molar-refractivity contribution in [1.82, 2.24) is 10.0 Å². The Labute approximate surface area is 150 Å². The van der Waals surface area contributed by atoms with Crippen molar-refractivity contribution in [2.24, 2.45) is 0 Å². The molecule has 0 unspecified atom stereocenters. The zero-order chi connectivity index (χ0) is 18.4. The van der Waals surface area contributed by atoms with E-state index in [4.69, 9.17) is 5.21 Å². The van der Waals surface area contributed by atoms with Crippen LogP contribution in [0.3, 0.4) is 0 Å². The van der Waals surface area contributed by atoms with Crippen LogP contribution in [0.15, 0.2) is 83.8 Å². The van der Waals surface area contributed by atoms with E-state index in [1.165, 1.54) is 11.6 Å². The molecule has 26 heavy (non-hydrogen) atoms. The first-order valence-electron chi connectivity index (χ1n) is 8.13. The molecule has 0 aliphatic carbocycles. The Hall–Kier alpha value is -3.44. The summed E-state index contributed by atoms with van der Waals surface area (Å²) in [6.45, 7) is 0.432. The van der Waals surface area contributed by atoms with E-state index < -0.39 is 5.91 Å². The third-order valence-electron chi connectivity index (χ3n) is 3.99. The first-order chi connectivity index (χ1) is 12.7. The van der Waals surface area contributed by atoms with E-state index in [1.807, 2.05) is 42.5 Å². The van der Waals surface area contributed by atoms with Gasteiger partial charge in [-0.25, -0.2) is 5.48 Å². The summed E-state index contributed by atoms with van der Waals surface area (Å²) in [4.78, 5) is 23.5. The van der Waals surface area contributed by atoms with Gasteiger partial charge in [-0.2, -0.15) is 0 Å². The van der Waals surface area contributed by atoms with Crippen molar-refractivity contribution in [3.05, 3.63) is 100 Å². The molecule has 0 bridgehead atoms. The van der Waals surface area contributed by atoms with E-state index in [-0.39, 0.29) is 5.56 Å². The average molecular weight is 346 g/mol. The fraction of sp³-hybridized carbons (Fsp3) is 0.0476. The number of hydrogen-bond acceptors (Lipinski definition) is 3. The number of benzene rings is 2. The number of carbonyl (C=O) groups is 1. The van der Waals surface area contributed by atoms with Crippen LogP contribution in [0.4, 0.5) is 0 Å². The molecular formula is C21H18N2O3. The first-order valence-corrected chi connectivity index (χ1v) is 8.13. The molecule has 0 spiro atoms. The van der Waals surface area contributed by atoms with Crippen molar-refractivity contribution in [3.63, 3.8) is 0 Å². The summed E-state index contributed by atoms with van der Waals surface area (Å²) in [5.74, 6) is -0.684. The highest BCUT2D eigenvalue weighted by atomic mass is 16.5. The highest BCUT2D eigenvalue weighted by Gasteiger charge is 2.03. The topological polar surface area (TPSA) is 71.3 Å². The lowest BCUT2D eigenvalue weighted by Gasteiger charge is -2.08. The van der Waals surface area contributed by atoms with Crippen LogP contribution in [0.2, 0.25) is 0 Å². The van der Waals surface area contributed by atoms with Gasteiger partial charge in [0.2, 0.25) is 0 Å². The van der Waals surface area contributed by atoms with Crippen LogP contribution < -0.4 is 11.0 Å². The average Bonchev–Trinajstić information content (AvgIpc) is 2.69. The predicted octanol–water partition coefficient (Wildman–Crippen LogP) is 3.08. The number of aromatic nitrogens is 1. The minimum atomic E-state index is -0.684. The lowest BCUT2D eigenvalue weighted by molar-refractivity contribution is -0.124. The maximum Gasteiger partial charge on any atom is 0.267 e. The molecule has 2 aromatic carbocycles. The van der Waals surface area contributed by atoms with Gasteiger partial charge in [0.05, 0.1) is 6.54 Å². The molecule has 1 amide bonds. The maximum atomic E-state index is 12.5. The van der Waals surface area contributed by atoms with Gasteiger partial charge in [0.15, 0.2) is 0 Å². The molecule has 0 fully saturated rings. The van der Waals surface area contributed by atoms with Crippen LogP contribution in [0.5, 0.6) is 0 Å². The van der Waals surface area contributed by atoms with E-state index in [9.17, 15) is 9.59 Å². The Morgan fingerprint density at radius 1 is 0.962 bits per heavy atom. The number of hydroxylamine groups is 1. The molecule has 0 radical (unpaired) electrons. The first kappa shape index (κ1) is 17.4. The van der Waals surface area contributed by atoms with Gasteiger partial charge >= 0.3 is 0 Å². The zero-order valence-corrected chi connectivity index (χ0v) is 14.0. The predicted molar refractivity (Wildman–Crippen MR) is 101 cm³/mol. The number of hydrogen-bond donors (Lipinski definition) is 2. The molecule has 0 aliphatic heterocycles. The number of carbonyl (C=O) groups excluding carboxylic acids is 1. The fourth-order valence-electron chi connectivity index (χ4n) is 2.64. The van der Waals surface area contributed by atoms with Gasteiger partial charge in [0.25, 0.3) is 11.5 Å². The van der Waals surface area contributed by atoms with Crippen LogP contribution in [-0.4, -0.2) is 15.7 Å². The molecule has 5 heteroatoms. The van der Waals surface area contributed by atoms with Crippen molar-refractivity contribution in [3.8, 4) is 11.1 Å². The summed E-state index contributed by atoms with van der Waals surface area (Å²) in [7, 11) is 0. The van der Waals surface area contributed by atoms with Gasteiger partial charge in [-0.1, -0.05) is 54.6 Å². The quantitative estimate of drug-likeness (QED) is 0.424. The second-order valence-electron chi connectivity index (χ2n) is 5.77. The third-order valence-corrected chi connectivity index (χ3v) is 3.99. The Kier molecular flexibility index (Phi) is 5.41. The van der Waals surface area contributed by atoms with Crippen LogP contribution in [0, 0.1) is 0 Å². The Morgan fingerprint density at radius 2 is 1.65 bits per heavy atom. The summed E-state index contributed by atoms with van der Waals surface area (Å²) >= 11 is 0. The molecule has 3 rings (SSSR count). The normalized spacial score (nSPS) is 10.8. The zero-order valence-electron chi connectivity index (χ0n) is 14.0. The van der Waals surface area contributed by atoms with Gasteiger partial charge in [0.1, 0.15) is 0 Å². The molecule has 0 saturated carbocycles. The van der Waals surface area contributed by atoms with Crippen LogP contribution in [0.25, 0.3) is 17.2 Å². The molecule has 0 saturated heterocycles. The SMILES string of the molecule is O=C(/C=C/c1cccn(Cc2ccc(-c3ccccc3)cc2)c1=O)NO. The molecule has 0 aliphatic rings. The largest absolute Gasteiger partial charge is 0.311 e. The lowest BCUT2D eigenvalue weighted by atomic mass is 10.0. The Balaban J connectivity index is 1.80. The van der Waals surface area contributed by atoms with Gasteiger partial charge < -0.3 is 4.57 Å². The highest BCUT2D eigenvalue weighted by Crippen LogP contribution is 2.19. The van der Waals surface area contributed by atoms with E-state index in [0.29, 0.717) is 12.1 Å². The standard InChI is InChI=1S/C21H18N2O3/c24-20(22-26)13-12-19-7-4-14-23(21(19)25)15-16-8-10-18(11-9-16)17-5-2-1-3-6-17/h1-14,26H,15H2,(H,22,24)/b13-12+. The number of amides is 1. The monoisotopic (exact) mass is 346 g/mol. The molecule has 5 nitrogen and oxygen atoms in total. The van der Waals surface area contributed by atoms with Crippen molar-refractivity contribution in [1.29, 1.82) is 0 Å². The number of nitrogens with zero attached hydrogens (tertiary/aromatic N) is 1. The highest BCUT2D eigenvalue weighted by molar-refractivity contribution is 5.90. The van der Waals surface area contributed by atoms with Crippen molar-refractivity contribution < 1.29 is 10.0 Å². The Bertz CT molecular complexity index is 974. The third kappa shape index (κ3) is 4.15. The summed E-state index contributed by atoms with van der Waals surface area (Å²) in [6, 6.07) is 21.5. The lowest BCUT2D eigenvalue weighted by Crippen LogP contribution is -2.22. The number of nitrogens with one attached hydrogen (secondary N) is 1. The van der Waals surface area contributed by atoms with Crippen LogP contribution in [-0.2, 0) is 11.3 Å². The second-order valence-corrected chi connectivity index (χ2v) is 5.77. The Morgan fingerprint density at radius 3 is 2.35 bits per heavy atom. The van der Waals surface area contributed by atoms with E-state index in [0.717, 1.165) is 22.8 Å². The van der Waals surface area contributed by atoms with Gasteiger partial charge in [-0.3, -0.25) is 14.8 Å². The maximum absolute atomic E-state index is 12.5. The van der Waals surface area contributed by atoms with E-state index in [1.54, 1.807) is 22.9 Å². The molecule has 0 atom stereocenters. The van der Waals surface area contributed by atoms with Crippen LogP contribution >= 0.6 is 0 Å². The van der Waals surface area contributed by atoms with Crippen molar-refractivity contribution >= 4 is 12.0 Å². The van der Waals surface area contributed by atoms with Crippen molar-refractivity contribution in [2.45, 2.75) is 6.54 Å². The molecule has 1 heterocycles. The molecule has 1 aromatic heterocycles. The molecular weight excluding hydrogens is 328 g/mol. The fourth-order valence-corrected chi connectivity index (χ4v) is 2.64. The molecule has 2 N–H and O–H groups in total. The molecule has 130 valence electrons.